The molecule has 1 heterocycles. The van der Waals surface area contributed by atoms with Crippen LogP contribution in [0.5, 0.6) is 0 Å². The number of hydrogen-bond donors (Lipinski definition) is 1. The fourth-order valence-corrected chi connectivity index (χ4v) is 2.70. The third-order valence-corrected chi connectivity index (χ3v) is 4.31. The van der Waals surface area contributed by atoms with Gasteiger partial charge in [-0.15, -0.1) is 0 Å². The molecule has 0 unspecified atom stereocenters. The SMILES string of the molecule is Cc1cc(-n2c(=S)[nH]c3ccc(F)c(F)c32)ccc1Br. The first-order valence-corrected chi connectivity index (χ1v) is 7.04. The van der Waals surface area contributed by atoms with Gasteiger partial charge < -0.3 is 4.98 Å². The second-order valence-electron chi connectivity index (χ2n) is 4.46. The van der Waals surface area contributed by atoms with Crippen molar-refractivity contribution in [1.82, 2.24) is 9.55 Å². The lowest BCUT2D eigenvalue weighted by Crippen LogP contribution is -1.98. The van der Waals surface area contributed by atoms with Crippen molar-refractivity contribution in [3.63, 3.8) is 0 Å². The molecule has 0 saturated heterocycles. The zero-order valence-electron chi connectivity index (χ0n) is 10.4. The molecule has 2 aromatic carbocycles. The van der Waals surface area contributed by atoms with E-state index in [1.54, 1.807) is 6.07 Å². The molecule has 1 aromatic heterocycles. The maximum atomic E-state index is 14.1. The maximum Gasteiger partial charge on any atom is 0.184 e. The molecule has 1 N–H and O–H groups in total. The summed E-state index contributed by atoms with van der Waals surface area (Å²) in [5, 5.41) is 0. The number of aromatic nitrogens is 2. The summed E-state index contributed by atoms with van der Waals surface area (Å²) in [6.45, 7) is 1.92. The van der Waals surface area contributed by atoms with Crippen LogP contribution in [0.1, 0.15) is 5.56 Å². The van der Waals surface area contributed by atoms with Gasteiger partial charge in [-0.25, -0.2) is 8.78 Å². The van der Waals surface area contributed by atoms with Crippen LogP contribution in [0, 0.1) is 23.3 Å². The molecule has 0 amide bonds. The summed E-state index contributed by atoms with van der Waals surface area (Å²) in [5.74, 6) is -1.80. The van der Waals surface area contributed by atoms with Crippen LogP contribution in [0.4, 0.5) is 8.78 Å². The first-order valence-electron chi connectivity index (χ1n) is 5.84. The van der Waals surface area contributed by atoms with Crippen LogP contribution in [-0.2, 0) is 0 Å². The van der Waals surface area contributed by atoms with E-state index in [1.165, 1.54) is 10.6 Å². The molecular formula is C14H9BrF2N2S. The van der Waals surface area contributed by atoms with Crippen LogP contribution in [-0.4, -0.2) is 9.55 Å². The van der Waals surface area contributed by atoms with Gasteiger partial charge in [0.2, 0.25) is 0 Å². The highest BCUT2D eigenvalue weighted by molar-refractivity contribution is 9.10. The van der Waals surface area contributed by atoms with Crippen LogP contribution < -0.4 is 0 Å². The number of fused-ring (bicyclic) bond motifs is 1. The Balaban J connectivity index is 2.41. The Morgan fingerprint density at radius 2 is 1.95 bits per heavy atom. The van der Waals surface area contributed by atoms with Crippen molar-refractivity contribution >= 4 is 39.2 Å². The molecule has 0 atom stereocenters. The minimum atomic E-state index is -0.907. The highest BCUT2D eigenvalue weighted by Crippen LogP contribution is 2.26. The molecule has 102 valence electrons. The smallest absolute Gasteiger partial charge is 0.184 e. The molecule has 0 saturated carbocycles. The van der Waals surface area contributed by atoms with Gasteiger partial charge in [-0.1, -0.05) is 15.9 Å². The van der Waals surface area contributed by atoms with Crippen LogP contribution in [0.3, 0.4) is 0 Å². The summed E-state index contributed by atoms with van der Waals surface area (Å²) < 4.78 is 30.3. The lowest BCUT2D eigenvalue weighted by molar-refractivity contribution is 0.514. The van der Waals surface area contributed by atoms with Gasteiger partial charge in [-0.2, -0.15) is 0 Å². The fraction of sp³-hybridized carbons (Fsp3) is 0.0714. The Morgan fingerprint density at radius 3 is 2.65 bits per heavy atom. The minimum Gasteiger partial charge on any atom is -0.330 e. The molecule has 2 nitrogen and oxygen atoms in total. The average Bonchev–Trinajstić information content (AvgIpc) is 2.74. The van der Waals surface area contributed by atoms with Gasteiger partial charge in [0.05, 0.1) is 5.52 Å². The summed E-state index contributed by atoms with van der Waals surface area (Å²) in [7, 11) is 0. The lowest BCUT2D eigenvalue weighted by Gasteiger charge is -2.07. The van der Waals surface area contributed by atoms with E-state index >= 15 is 0 Å². The van der Waals surface area contributed by atoms with Gasteiger partial charge in [0.15, 0.2) is 16.4 Å². The first-order chi connectivity index (χ1) is 9.49. The van der Waals surface area contributed by atoms with Gasteiger partial charge in [-0.3, -0.25) is 4.57 Å². The quantitative estimate of drug-likeness (QED) is 0.607. The Morgan fingerprint density at radius 1 is 1.20 bits per heavy atom. The van der Waals surface area contributed by atoms with Crippen molar-refractivity contribution in [1.29, 1.82) is 0 Å². The molecule has 0 fully saturated rings. The van der Waals surface area contributed by atoms with Crippen molar-refractivity contribution < 1.29 is 8.78 Å². The van der Waals surface area contributed by atoms with Crippen LogP contribution >= 0.6 is 28.1 Å². The normalized spacial score (nSPS) is 11.2. The Hall–Kier alpha value is -1.53. The van der Waals surface area contributed by atoms with E-state index in [4.69, 9.17) is 12.2 Å². The summed E-state index contributed by atoms with van der Waals surface area (Å²) in [5.41, 5.74) is 2.26. The molecule has 0 radical (unpaired) electrons. The lowest BCUT2D eigenvalue weighted by atomic mass is 10.2. The zero-order chi connectivity index (χ0) is 14.4. The highest BCUT2D eigenvalue weighted by Gasteiger charge is 2.15. The Kier molecular flexibility index (Phi) is 3.22. The van der Waals surface area contributed by atoms with Gasteiger partial charge in [0, 0.05) is 10.2 Å². The third kappa shape index (κ3) is 1.99. The third-order valence-electron chi connectivity index (χ3n) is 3.14. The molecule has 6 heteroatoms. The molecule has 3 rings (SSSR count). The number of H-pyrrole nitrogens is 1. The van der Waals surface area contributed by atoms with Gasteiger partial charge >= 0.3 is 0 Å². The van der Waals surface area contributed by atoms with Gasteiger partial charge in [0.25, 0.3) is 0 Å². The van der Waals surface area contributed by atoms with E-state index in [1.807, 2.05) is 19.1 Å². The standard InChI is InChI=1S/C14H9BrF2N2S/c1-7-6-8(2-3-9(7)15)19-13-11(18-14(19)20)5-4-10(16)12(13)17/h2-6H,1H3,(H,18,20). The molecule has 3 aromatic rings. The van der Waals surface area contributed by atoms with Crippen LogP contribution in [0.2, 0.25) is 0 Å². The second kappa shape index (κ2) is 4.79. The number of imidazole rings is 1. The summed E-state index contributed by atoms with van der Waals surface area (Å²) >= 11 is 8.63. The monoisotopic (exact) mass is 354 g/mol. The predicted molar refractivity (Wildman–Crippen MR) is 80.8 cm³/mol. The van der Waals surface area contributed by atoms with E-state index < -0.39 is 11.6 Å². The maximum absolute atomic E-state index is 14.1. The largest absolute Gasteiger partial charge is 0.330 e. The average molecular weight is 355 g/mol. The zero-order valence-corrected chi connectivity index (χ0v) is 12.8. The van der Waals surface area contributed by atoms with Crippen molar-refractivity contribution in [2.45, 2.75) is 6.92 Å². The number of halogens is 3. The topological polar surface area (TPSA) is 20.7 Å². The number of hydrogen-bond acceptors (Lipinski definition) is 1. The number of benzene rings is 2. The Bertz CT molecular complexity index is 883. The summed E-state index contributed by atoms with van der Waals surface area (Å²) in [6.07, 6.45) is 0. The molecule has 0 aliphatic rings. The summed E-state index contributed by atoms with van der Waals surface area (Å²) in [4.78, 5) is 2.89. The number of aryl methyl sites for hydroxylation is 1. The summed E-state index contributed by atoms with van der Waals surface area (Å²) in [6, 6.07) is 8.07. The molecule has 0 aliphatic carbocycles. The highest BCUT2D eigenvalue weighted by atomic mass is 79.9. The van der Waals surface area contributed by atoms with Crippen molar-refractivity contribution in [2.24, 2.45) is 0 Å². The van der Waals surface area contributed by atoms with E-state index in [0.717, 1.165) is 16.1 Å². The number of aromatic amines is 1. The van der Waals surface area contributed by atoms with Crippen LogP contribution in [0.15, 0.2) is 34.8 Å². The van der Waals surface area contributed by atoms with Crippen molar-refractivity contribution in [2.75, 3.05) is 0 Å². The number of nitrogens with one attached hydrogen (secondary N) is 1. The van der Waals surface area contributed by atoms with Crippen LogP contribution in [0.25, 0.3) is 16.7 Å². The number of nitrogens with zero attached hydrogens (tertiary/aromatic N) is 1. The fourth-order valence-electron chi connectivity index (χ4n) is 2.15. The molecule has 0 bridgehead atoms. The Labute approximate surface area is 127 Å². The molecule has 0 spiro atoms. The van der Waals surface area contributed by atoms with Gasteiger partial charge in [0.1, 0.15) is 5.52 Å². The minimum absolute atomic E-state index is 0.122. The van der Waals surface area contributed by atoms with E-state index in [-0.39, 0.29) is 5.52 Å². The van der Waals surface area contributed by atoms with E-state index in [0.29, 0.717) is 16.0 Å². The molecule has 0 aliphatic heterocycles. The van der Waals surface area contributed by atoms with E-state index in [2.05, 4.69) is 20.9 Å². The molecule has 20 heavy (non-hydrogen) atoms. The van der Waals surface area contributed by atoms with Gasteiger partial charge in [-0.05, 0) is 55.0 Å². The first kappa shape index (κ1) is 13.5. The predicted octanol–water partition coefficient (Wildman–Crippen LogP) is 5.04. The van der Waals surface area contributed by atoms with Crippen molar-refractivity contribution in [3.8, 4) is 5.69 Å². The van der Waals surface area contributed by atoms with Crippen molar-refractivity contribution in [3.05, 3.63) is 56.8 Å². The second-order valence-corrected chi connectivity index (χ2v) is 5.70. The molecular weight excluding hydrogens is 346 g/mol. The number of rotatable bonds is 1. The van der Waals surface area contributed by atoms with E-state index in [9.17, 15) is 8.78 Å².